The normalized spacial score (nSPS) is 23.8. The van der Waals surface area contributed by atoms with Gasteiger partial charge in [-0.1, -0.05) is 12.1 Å². The van der Waals surface area contributed by atoms with E-state index in [1.165, 1.54) is 38.1 Å². The first kappa shape index (κ1) is 19.2. The van der Waals surface area contributed by atoms with Crippen LogP contribution in [0.1, 0.15) is 24.2 Å². The highest BCUT2D eigenvalue weighted by atomic mass is 19.4. The van der Waals surface area contributed by atoms with E-state index in [9.17, 15) is 22.8 Å². The molecule has 0 spiro atoms. The number of ether oxygens (including phenoxy) is 3. The van der Waals surface area contributed by atoms with Gasteiger partial charge in [0.1, 0.15) is 12.7 Å². The molecule has 0 saturated carbocycles. The maximum Gasteiger partial charge on any atom is 0.437 e. The van der Waals surface area contributed by atoms with Gasteiger partial charge in [0.25, 0.3) is 5.72 Å². The van der Waals surface area contributed by atoms with E-state index >= 15 is 0 Å². The number of ketones is 1. The van der Waals surface area contributed by atoms with Crippen LogP contribution in [0.15, 0.2) is 24.3 Å². The zero-order chi connectivity index (χ0) is 18.7. The summed E-state index contributed by atoms with van der Waals surface area (Å²) in [5.74, 6) is -3.16. The summed E-state index contributed by atoms with van der Waals surface area (Å²) < 4.78 is 56.1. The second kappa shape index (κ2) is 7.40. The molecule has 0 unspecified atom stereocenters. The second-order valence-electron chi connectivity index (χ2n) is 5.43. The van der Waals surface area contributed by atoms with Crippen LogP contribution in [0.4, 0.5) is 18.9 Å². The van der Waals surface area contributed by atoms with E-state index in [-0.39, 0.29) is 23.6 Å². The van der Waals surface area contributed by atoms with E-state index in [0.29, 0.717) is 0 Å². The number of anilines is 1. The topological polar surface area (TPSA) is 73.9 Å². The number of nitrogens with one attached hydrogen (secondary N) is 1. The van der Waals surface area contributed by atoms with Crippen molar-refractivity contribution in [3.05, 3.63) is 29.8 Å². The summed E-state index contributed by atoms with van der Waals surface area (Å²) in [6.45, 7) is 1.54. The fraction of sp³-hybridized carbons (Fsp3) is 0.500. The molecule has 1 aromatic rings. The number of Topliss-reactive ketones (excluding diaryl/α,β-unsaturated/α-hetero) is 1. The predicted molar refractivity (Wildman–Crippen MR) is 80.9 cm³/mol. The number of carbonyl (C=O) groups excluding carboxylic acids is 2. The Kier molecular flexibility index (Phi) is 5.69. The Balaban J connectivity index is 2.44. The number of alkyl halides is 3. The third-order valence-corrected chi connectivity index (χ3v) is 3.74. The molecule has 0 bridgehead atoms. The Bertz CT molecular complexity index is 649. The smallest absolute Gasteiger partial charge is 0.437 e. The lowest BCUT2D eigenvalue weighted by atomic mass is 9.93. The van der Waals surface area contributed by atoms with Crippen LogP contribution in [-0.2, 0) is 19.0 Å². The van der Waals surface area contributed by atoms with Gasteiger partial charge in [0.15, 0.2) is 5.78 Å². The minimum atomic E-state index is -4.94. The summed E-state index contributed by atoms with van der Waals surface area (Å²) >= 11 is 0. The van der Waals surface area contributed by atoms with Gasteiger partial charge in [0.05, 0.1) is 13.2 Å². The van der Waals surface area contributed by atoms with Gasteiger partial charge in [-0.3, -0.25) is 9.59 Å². The quantitative estimate of drug-likeness (QED) is 0.642. The van der Waals surface area contributed by atoms with Crippen molar-refractivity contribution in [3.63, 3.8) is 0 Å². The summed E-state index contributed by atoms with van der Waals surface area (Å²) in [5, 5.41) is 2.24. The van der Waals surface area contributed by atoms with Gasteiger partial charge in [0, 0.05) is 11.3 Å². The Labute approximate surface area is 142 Å². The summed E-state index contributed by atoms with van der Waals surface area (Å²) in [6, 6.07) is 5.51. The average molecular weight is 361 g/mol. The molecule has 0 amide bonds. The van der Waals surface area contributed by atoms with Gasteiger partial charge < -0.3 is 19.5 Å². The number of benzene rings is 1. The summed E-state index contributed by atoms with van der Waals surface area (Å²) in [7, 11) is 0. The van der Waals surface area contributed by atoms with Crippen LogP contribution in [0.5, 0.6) is 0 Å². The fourth-order valence-corrected chi connectivity index (χ4v) is 2.50. The molecule has 1 heterocycles. The average Bonchev–Trinajstić information content (AvgIpc) is 2.54. The van der Waals surface area contributed by atoms with E-state index in [2.05, 4.69) is 5.32 Å². The first-order chi connectivity index (χ1) is 11.7. The van der Waals surface area contributed by atoms with Crippen molar-refractivity contribution in [1.82, 2.24) is 0 Å². The molecular formula is C16H18F3NO5. The van der Waals surface area contributed by atoms with Crippen molar-refractivity contribution >= 4 is 17.4 Å². The number of halogens is 3. The van der Waals surface area contributed by atoms with Crippen molar-refractivity contribution in [2.24, 2.45) is 5.92 Å². The Hall–Kier alpha value is -2.13. The van der Waals surface area contributed by atoms with E-state index in [4.69, 9.17) is 14.2 Å². The highest BCUT2D eigenvalue weighted by Crippen LogP contribution is 2.43. The van der Waals surface area contributed by atoms with Crippen molar-refractivity contribution < 1.29 is 37.0 Å². The SMILES string of the molecule is CCOC(=O)[C@H]1COCO[C@]1(Nc1cccc(C(C)=O)c1)C(F)(F)F. The molecule has 25 heavy (non-hydrogen) atoms. The van der Waals surface area contributed by atoms with E-state index in [0.717, 1.165) is 0 Å². The molecule has 2 atom stereocenters. The van der Waals surface area contributed by atoms with Crippen LogP contribution in [0.25, 0.3) is 0 Å². The lowest BCUT2D eigenvalue weighted by Gasteiger charge is -2.43. The maximum absolute atomic E-state index is 13.9. The second-order valence-corrected chi connectivity index (χ2v) is 5.43. The first-order valence-electron chi connectivity index (χ1n) is 7.55. The molecule has 1 saturated heterocycles. The largest absolute Gasteiger partial charge is 0.466 e. The maximum atomic E-state index is 13.9. The van der Waals surface area contributed by atoms with Crippen LogP contribution in [-0.4, -0.2) is 43.7 Å². The van der Waals surface area contributed by atoms with Gasteiger partial charge in [-0.2, -0.15) is 13.2 Å². The summed E-state index contributed by atoms with van der Waals surface area (Å²) in [6.07, 6.45) is -4.94. The zero-order valence-electron chi connectivity index (χ0n) is 13.7. The number of carbonyl (C=O) groups is 2. The predicted octanol–water partition coefficient (Wildman–Crippen LogP) is 2.74. The van der Waals surface area contributed by atoms with Crippen LogP contribution < -0.4 is 5.32 Å². The number of rotatable bonds is 5. The Morgan fingerprint density at radius 1 is 1.40 bits per heavy atom. The molecule has 0 aromatic heterocycles. The van der Waals surface area contributed by atoms with E-state index in [1.807, 2.05) is 0 Å². The lowest BCUT2D eigenvalue weighted by Crippen LogP contribution is -2.65. The highest BCUT2D eigenvalue weighted by Gasteiger charge is 2.65. The van der Waals surface area contributed by atoms with Crippen LogP contribution in [0.2, 0.25) is 0 Å². The molecule has 1 fully saturated rings. The third kappa shape index (κ3) is 3.93. The van der Waals surface area contributed by atoms with Crippen molar-refractivity contribution in [2.75, 3.05) is 25.3 Å². The minimum absolute atomic E-state index is 0.0128. The highest BCUT2D eigenvalue weighted by molar-refractivity contribution is 5.95. The summed E-state index contributed by atoms with van der Waals surface area (Å²) in [5.41, 5.74) is -2.81. The van der Waals surface area contributed by atoms with E-state index < -0.39 is 37.2 Å². The van der Waals surface area contributed by atoms with Gasteiger partial charge in [-0.25, -0.2) is 0 Å². The molecule has 6 nitrogen and oxygen atoms in total. The zero-order valence-corrected chi connectivity index (χ0v) is 13.7. The number of hydrogen-bond donors (Lipinski definition) is 1. The van der Waals surface area contributed by atoms with Crippen LogP contribution >= 0.6 is 0 Å². The standard InChI is InChI=1S/C16H18F3NO5/c1-3-24-14(22)13-8-23-9-25-15(13,16(17,18)19)20-12-6-4-5-11(7-12)10(2)21/h4-7,13,20H,3,8-9H2,1-2H3/t13-,15+/m1/s1. The molecule has 1 N–H and O–H groups in total. The van der Waals surface area contributed by atoms with Gasteiger partial charge in [0.2, 0.25) is 0 Å². The van der Waals surface area contributed by atoms with Gasteiger partial charge in [-0.05, 0) is 26.0 Å². The lowest BCUT2D eigenvalue weighted by molar-refractivity contribution is -0.331. The Morgan fingerprint density at radius 2 is 2.12 bits per heavy atom. The molecule has 9 heteroatoms. The number of esters is 1. The van der Waals surface area contributed by atoms with Crippen LogP contribution in [0.3, 0.4) is 0 Å². The molecule has 1 aliphatic rings. The molecule has 1 aromatic carbocycles. The number of hydrogen-bond acceptors (Lipinski definition) is 6. The van der Waals surface area contributed by atoms with Gasteiger partial charge in [-0.15, -0.1) is 0 Å². The molecule has 1 aliphatic heterocycles. The molecule has 0 radical (unpaired) electrons. The van der Waals surface area contributed by atoms with Crippen molar-refractivity contribution in [1.29, 1.82) is 0 Å². The molecule has 2 rings (SSSR count). The molecule has 0 aliphatic carbocycles. The van der Waals surface area contributed by atoms with Gasteiger partial charge >= 0.3 is 12.1 Å². The Morgan fingerprint density at radius 3 is 2.72 bits per heavy atom. The molecule has 138 valence electrons. The first-order valence-corrected chi connectivity index (χ1v) is 7.55. The summed E-state index contributed by atoms with van der Waals surface area (Å²) in [4.78, 5) is 23.5. The van der Waals surface area contributed by atoms with Crippen molar-refractivity contribution in [3.8, 4) is 0 Å². The third-order valence-electron chi connectivity index (χ3n) is 3.74. The molecular weight excluding hydrogens is 343 g/mol. The monoisotopic (exact) mass is 361 g/mol. The van der Waals surface area contributed by atoms with E-state index in [1.54, 1.807) is 0 Å². The fourth-order valence-electron chi connectivity index (χ4n) is 2.50. The minimum Gasteiger partial charge on any atom is -0.466 e. The van der Waals surface area contributed by atoms with Crippen molar-refractivity contribution in [2.45, 2.75) is 25.7 Å². The van der Waals surface area contributed by atoms with Crippen LogP contribution in [0, 0.1) is 5.92 Å².